The molecule has 1 atom stereocenters. The Bertz CT molecular complexity index is 320. The summed E-state index contributed by atoms with van der Waals surface area (Å²) in [6, 6.07) is 7.48. The average Bonchev–Trinajstić information content (AvgIpc) is 2.16. The van der Waals surface area contributed by atoms with E-state index in [2.05, 4.69) is 0 Å². The third kappa shape index (κ3) is 3.15. The Morgan fingerprint density at radius 2 is 2.21 bits per heavy atom. The number of Topliss-reactive ketones (excluding diaryl/α,β-unsaturated/α-hetero) is 1. The summed E-state index contributed by atoms with van der Waals surface area (Å²) in [4.78, 5) is 11.6. The van der Waals surface area contributed by atoms with Gasteiger partial charge in [-0.15, -0.1) is 0 Å². The summed E-state index contributed by atoms with van der Waals surface area (Å²) in [6.45, 7) is 3.99. The van der Waals surface area contributed by atoms with Crippen LogP contribution >= 0.6 is 11.6 Å². The Balaban J connectivity index is 2.65. The minimum absolute atomic E-state index is 0.147. The van der Waals surface area contributed by atoms with Gasteiger partial charge in [0, 0.05) is 17.4 Å². The SMILES string of the molecule is CCC(C)C(=O)Cc1cccc(Cl)c1. The first-order valence-corrected chi connectivity index (χ1v) is 5.28. The van der Waals surface area contributed by atoms with Crippen LogP contribution in [0, 0.1) is 5.92 Å². The largest absolute Gasteiger partial charge is 0.299 e. The van der Waals surface area contributed by atoms with E-state index >= 15 is 0 Å². The fourth-order valence-electron chi connectivity index (χ4n) is 1.25. The Morgan fingerprint density at radius 3 is 2.79 bits per heavy atom. The van der Waals surface area contributed by atoms with Crippen LogP contribution in [0.25, 0.3) is 0 Å². The lowest BCUT2D eigenvalue weighted by Gasteiger charge is -2.07. The summed E-state index contributed by atoms with van der Waals surface area (Å²) in [5.74, 6) is 0.434. The first-order valence-electron chi connectivity index (χ1n) is 4.90. The van der Waals surface area contributed by atoms with Crippen molar-refractivity contribution in [2.75, 3.05) is 0 Å². The summed E-state index contributed by atoms with van der Waals surface area (Å²) in [6.07, 6.45) is 1.40. The van der Waals surface area contributed by atoms with Crippen molar-refractivity contribution in [3.8, 4) is 0 Å². The monoisotopic (exact) mass is 210 g/mol. The molecule has 0 heterocycles. The quantitative estimate of drug-likeness (QED) is 0.744. The van der Waals surface area contributed by atoms with Crippen LogP contribution < -0.4 is 0 Å². The van der Waals surface area contributed by atoms with Crippen molar-refractivity contribution in [3.05, 3.63) is 34.9 Å². The van der Waals surface area contributed by atoms with Crippen LogP contribution in [0.2, 0.25) is 5.02 Å². The van der Waals surface area contributed by atoms with Gasteiger partial charge >= 0.3 is 0 Å². The van der Waals surface area contributed by atoms with Gasteiger partial charge in [0.05, 0.1) is 0 Å². The van der Waals surface area contributed by atoms with Crippen molar-refractivity contribution in [2.24, 2.45) is 5.92 Å². The molecule has 76 valence electrons. The first-order chi connectivity index (χ1) is 6.63. The lowest BCUT2D eigenvalue weighted by molar-refractivity contribution is -0.121. The van der Waals surface area contributed by atoms with Crippen molar-refractivity contribution in [1.82, 2.24) is 0 Å². The molecule has 0 aromatic heterocycles. The Hall–Kier alpha value is -0.820. The fraction of sp³-hybridized carbons (Fsp3) is 0.417. The van der Waals surface area contributed by atoms with E-state index in [0.717, 1.165) is 12.0 Å². The van der Waals surface area contributed by atoms with Crippen LogP contribution in [0.4, 0.5) is 0 Å². The van der Waals surface area contributed by atoms with Gasteiger partial charge in [-0.25, -0.2) is 0 Å². The highest BCUT2D eigenvalue weighted by Gasteiger charge is 2.10. The van der Waals surface area contributed by atoms with Crippen LogP contribution in [-0.2, 0) is 11.2 Å². The molecule has 0 aliphatic carbocycles. The third-order valence-corrected chi connectivity index (χ3v) is 2.66. The maximum Gasteiger partial charge on any atom is 0.140 e. The van der Waals surface area contributed by atoms with E-state index in [1.54, 1.807) is 0 Å². The van der Waals surface area contributed by atoms with Crippen LogP contribution in [0.1, 0.15) is 25.8 Å². The maximum absolute atomic E-state index is 11.6. The number of carbonyl (C=O) groups excluding carboxylic acids is 1. The molecule has 1 rings (SSSR count). The van der Waals surface area contributed by atoms with E-state index in [-0.39, 0.29) is 11.7 Å². The summed E-state index contributed by atoms with van der Waals surface area (Å²) in [7, 11) is 0. The number of hydrogen-bond donors (Lipinski definition) is 0. The molecule has 1 unspecified atom stereocenters. The second-order valence-corrected chi connectivity index (χ2v) is 4.02. The van der Waals surface area contributed by atoms with E-state index < -0.39 is 0 Å². The zero-order chi connectivity index (χ0) is 10.6. The smallest absolute Gasteiger partial charge is 0.140 e. The van der Waals surface area contributed by atoms with E-state index in [9.17, 15) is 4.79 Å². The average molecular weight is 211 g/mol. The molecule has 0 aliphatic rings. The second-order valence-electron chi connectivity index (χ2n) is 3.58. The van der Waals surface area contributed by atoms with Gasteiger partial charge in [0.2, 0.25) is 0 Å². The number of halogens is 1. The van der Waals surface area contributed by atoms with Crippen molar-refractivity contribution >= 4 is 17.4 Å². The Labute approximate surface area is 90.1 Å². The zero-order valence-corrected chi connectivity index (χ0v) is 9.34. The molecule has 0 amide bonds. The van der Waals surface area contributed by atoms with Crippen LogP contribution in [-0.4, -0.2) is 5.78 Å². The lowest BCUT2D eigenvalue weighted by atomic mass is 9.97. The van der Waals surface area contributed by atoms with Gasteiger partial charge in [0.1, 0.15) is 5.78 Å². The Kier molecular flexibility index (Phi) is 4.15. The Morgan fingerprint density at radius 1 is 1.50 bits per heavy atom. The number of hydrogen-bond acceptors (Lipinski definition) is 1. The standard InChI is InChI=1S/C12H15ClO/c1-3-9(2)12(14)8-10-5-4-6-11(13)7-10/h4-7,9H,3,8H2,1-2H3. The number of rotatable bonds is 4. The van der Waals surface area contributed by atoms with Crippen molar-refractivity contribution in [3.63, 3.8) is 0 Å². The minimum Gasteiger partial charge on any atom is -0.299 e. The van der Waals surface area contributed by atoms with Crippen molar-refractivity contribution in [1.29, 1.82) is 0 Å². The maximum atomic E-state index is 11.6. The highest BCUT2D eigenvalue weighted by atomic mass is 35.5. The zero-order valence-electron chi connectivity index (χ0n) is 8.59. The minimum atomic E-state index is 0.147. The van der Waals surface area contributed by atoms with Crippen molar-refractivity contribution in [2.45, 2.75) is 26.7 Å². The predicted molar refractivity (Wildman–Crippen MR) is 59.6 cm³/mol. The number of ketones is 1. The van der Waals surface area contributed by atoms with Crippen LogP contribution in [0.15, 0.2) is 24.3 Å². The molecule has 1 nitrogen and oxygen atoms in total. The lowest BCUT2D eigenvalue weighted by Crippen LogP contribution is -2.12. The summed E-state index contributed by atoms with van der Waals surface area (Å²) in [5, 5.41) is 0.694. The number of benzene rings is 1. The molecular formula is C12H15ClO. The summed E-state index contributed by atoms with van der Waals surface area (Å²) < 4.78 is 0. The molecule has 14 heavy (non-hydrogen) atoms. The predicted octanol–water partition coefficient (Wildman–Crippen LogP) is 3.50. The van der Waals surface area contributed by atoms with Gasteiger partial charge in [0.15, 0.2) is 0 Å². The van der Waals surface area contributed by atoms with Gasteiger partial charge in [-0.1, -0.05) is 37.6 Å². The van der Waals surface area contributed by atoms with E-state index in [0.29, 0.717) is 11.4 Å². The molecule has 0 saturated carbocycles. The second kappa shape index (κ2) is 5.16. The third-order valence-electron chi connectivity index (χ3n) is 2.43. The normalized spacial score (nSPS) is 12.5. The van der Waals surface area contributed by atoms with E-state index in [1.807, 2.05) is 38.1 Å². The molecule has 0 fully saturated rings. The van der Waals surface area contributed by atoms with Crippen LogP contribution in [0.5, 0.6) is 0 Å². The number of carbonyl (C=O) groups is 1. The molecule has 0 spiro atoms. The van der Waals surface area contributed by atoms with E-state index in [1.165, 1.54) is 0 Å². The molecule has 2 heteroatoms. The molecular weight excluding hydrogens is 196 g/mol. The molecule has 1 aromatic carbocycles. The molecule has 0 N–H and O–H groups in total. The molecule has 0 saturated heterocycles. The molecule has 0 radical (unpaired) electrons. The van der Waals surface area contributed by atoms with Crippen LogP contribution in [0.3, 0.4) is 0 Å². The highest BCUT2D eigenvalue weighted by molar-refractivity contribution is 6.30. The van der Waals surface area contributed by atoms with Gasteiger partial charge < -0.3 is 0 Å². The topological polar surface area (TPSA) is 17.1 Å². The molecule has 0 bridgehead atoms. The highest BCUT2D eigenvalue weighted by Crippen LogP contribution is 2.13. The summed E-state index contributed by atoms with van der Waals surface area (Å²) >= 11 is 5.83. The van der Waals surface area contributed by atoms with Gasteiger partial charge in [-0.3, -0.25) is 4.79 Å². The van der Waals surface area contributed by atoms with Gasteiger partial charge in [-0.05, 0) is 24.1 Å². The summed E-state index contributed by atoms with van der Waals surface area (Å²) in [5.41, 5.74) is 1.00. The van der Waals surface area contributed by atoms with Gasteiger partial charge in [0.25, 0.3) is 0 Å². The molecule has 1 aromatic rings. The first kappa shape index (κ1) is 11.3. The fourth-order valence-corrected chi connectivity index (χ4v) is 1.46. The van der Waals surface area contributed by atoms with E-state index in [4.69, 9.17) is 11.6 Å². The van der Waals surface area contributed by atoms with Gasteiger partial charge in [-0.2, -0.15) is 0 Å². The van der Waals surface area contributed by atoms with Crippen molar-refractivity contribution < 1.29 is 4.79 Å². The molecule has 0 aliphatic heterocycles.